The average Bonchev–Trinajstić information content (AvgIpc) is 2.87. The lowest BCUT2D eigenvalue weighted by Gasteiger charge is -2.13. The number of aromatic nitrogens is 2. The maximum absolute atomic E-state index is 12.0. The van der Waals surface area contributed by atoms with Crippen LogP contribution in [-0.4, -0.2) is 35.3 Å². The van der Waals surface area contributed by atoms with Crippen molar-refractivity contribution in [2.75, 3.05) is 14.2 Å². The zero-order valence-corrected chi connectivity index (χ0v) is 9.68. The van der Waals surface area contributed by atoms with Gasteiger partial charge in [-0.25, -0.2) is 5.06 Å². The first kappa shape index (κ1) is 11.3. The van der Waals surface area contributed by atoms with Crippen LogP contribution in [0.1, 0.15) is 10.4 Å². The maximum Gasteiger partial charge on any atom is 0.280 e. The molecule has 0 atom stereocenters. The standard InChI is InChI=1S/C12H13N3O2/c1-15(17-2)12(16)10-8-13-14-11(10)9-6-4-3-5-7-9/h3-8H,1-2H3,(H,13,14). The Bertz CT molecular complexity index is 507. The minimum absolute atomic E-state index is 0.236. The summed E-state index contributed by atoms with van der Waals surface area (Å²) in [5.74, 6) is -0.236. The predicted molar refractivity (Wildman–Crippen MR) is 63.1 cm³/mol. The van der Waals surface area contributed by atoms with Crippen molar-refractivity contribution < 1.29 is 9.63 Å². The summed E-state index contributed by atoms with van der Waals surface area (Å²) in [6.07, 6.45) is 1.50. The molecular formula is C12H13N3O2. The van der Waals surface area contributed by atoms with Crippen molar-refractivity contribution in [3.63, 3.8) is 0 Å². The summed E-state index contributed by atoms with van der Waals surface area (Å²) in [6, 6.07) is 9.56. The van der Waals surface area contributed by atoms with Gasteiger partial charge in [0, 0.05) is 12.6 Å². The summed E-state index contributed by atoms with van der Waals surface area (Å²) in [4.78, 5) is 16.8. The van der Waals surface area contributed by atoms with Crippen molar-refractivity contribution in [1.82, 2.24) is 15.3 Å². The summed E-state index contributed by atoms with van der Waals surface area (Å²) in [5, 5.41) is 7.90. The van der Waals surface area contributed by atoms with E-state index in [-0.39, 0.29) is 5.91 Å². The number of nitrogens with one attached hydrogen (secondary N) is 1. The van der Waals surface area contributed by atoms with E-state index in [4.69, 9.17) is 4.84 Å². The monoisotopic (exact) mass is 231 g/mol. The lowest BCUT2D eigenvalue weighted by molar-refractivity contribution is -0.0756. The number of hydrogen-bond acceptors (Lipinski definition) is 3. The molecule has 2 rings (SSSR count). The van der Waals surface area contributed by atoms with Gasteiger partial charge in [-0.05, 0) is 0 Å². The predicted octanol–water partition coefficient (Wildman–Crippen LogP) is 1.71. The second-order valence-electron chi connectivity index (χ2n) is 3.51. The molecule has 5 heteroatoms. The van der Waals surface area contributed by atoms with E-state index in [9.17, 15) is 4.79 Å². The van der Waals surface area contributed by atoms with Crippen LogP contribution in [0.5, 0.6) is 0 Å². The second-order valence-corrected chi connectivity index (χ2v) is 3.51. The lowest BCUT2D eigenvalue weighted by atomic mass is 10.1. The van der Waals surface area contributed by atoms with Gasteiger partial charge in [-0.1, -0.05) is 30.3 Å². The van der Waals surface area contributed by atoms with Crippen LogP contribution in [0.15, 0.2) is 36.5 Å². The van der Waals surface area contributed by atoms with Gasteiger partial charge in [0.05, 0.1) is 24.6 Å². The zero-order valence-electron chi connectivity index (χ0n) is 9.68. The van der Waals surface area contributed by atoms with Crippen molar-refractivity contribution in [3.05, 3.63) is 42.1 Å². The molecule has 1 aromatic carbocycles. The third-order valence-electron chi connectivity index (χ3n) is 2.49. The summed E-state index contributed by atoms with van der Waals surface area (Å²) in [7, 11) is 3.00. The number of H-pyrrole nitrogens is 1. The fourth-order valence-corrected chi connectivity index (χ4v) is 1.53. The van der Waals surface area contributed by atoms with E-state index in [2.05, 4.69) is 10.2 Å². The Labute approximate surface area is 99.0 Å². The van der Waals surface area contributed by atoms with Gasteiger partial charge in [0.1, 0.15) is 0 Å². The molecular weight excluding hydrogens is 218 g/mol. The number of hydroxylamine groups is 2. The van der Waals surface area contributed by atoms with Crippen LogP contribution in [0.4, 0.5) is 0 Å². The number of carbonyl (C=O) groups excluding carboxylic acids is 1. The van der Waals surface area contributed by atoms with Crippen molar-refractivity contribution in [2.24, 2.45) is 0 Å². The van der Waals surface area contributed by atoms with Crippen LogP contribution >= 0.6 is 0 Å². The van der Waals surface area contributed by atoms with Gasteiger partial charge in [-0.3, -0.25) is 14.7 Å². The molecule has 17 heavy (non-hydrogen) atoms. The van der Waals surface area contributed by atoms with Crippen molar-refractivity contribution >= 4 is 5.91 Å². The van der Waals surface area contributed by atoms with E-state index in [0.29, 0.717) is 11.3 Å². The second kappa shape index (κ2) is 4.80. The maximum atomic E-state index is 12.0. The number of carbonyl (C=O) groups is 1. The molecule has 1 N–H and O–H groups in total. The smallest absolute Gasteiger partial charge is 0.277 e. The van der Waals surface area contributed by atoms with E-state index >= 15 is 0 Å². The number of rotatable bonds is 3. The molecule has 2 aromatic rings. The van der Waals surface area contributed by atoms with Crippen LogP contribution in [0.25, 0.3) is 11.3 Å². The molecule has 0 aliphatic carbocycles. The van der Waals surface area contributed by atoms with E-state index < -0.39 is 0 Å². The van der Waals surface area contributed by atoms with Gasteiger partial charge in [0.25, 0.3) is 5.91 Å². The summed E-state index contributed by atoms with van der Waals surface area (Å²) >= 11 is 0. The summed E-state index contributed by atoms with van der Waals surface area (Å²) in [6.45, 7) is 0. The lowest BCUT2D eigenvalue weighted by Crippen LogP contribution is -2.25. The minimum atomic E-state index is -0.236. The number of aromatic amines is 1. The van der Waals surface area contributed by atoms with E-state index in [0.717, 1.165) is 10.6 Å². The highest BCUT2D eigenvalue weighted by atomic mass is 16.7. The van der Waals surface area contributed by atoms with Crippen LogP contribution in [0, 0.1) is 0 Å². The van der Waals surface area contributed by atoms with Gasteiger partial charge in [-0.15, -0.1) is 0 Å². The minimum Gasteiger partial charge on any atom is -0.277 e. The quantitative estimate of drug-likeness (QED) is 0.818. The number of benzene rings is 1. The molecule has 0 unspecified atom stereocenters. The molecule has 1 heterocycles. The van der Waals surface area contributed by atoms with Crippen LogP contribution < -0.4 is 0 Å². The Morgan fingerprint density at radius 1 is 1.35 bits per heavy atom. The molecule has 5 nitrogen and oxygen atoms in total. The third-order valence-corrected chi connectivity index (χ3v) is 2.49. The van der Waals surface area contributed by atoms with Gasteiger partial charge >= 0.3 is 0 Å². The number of amides is 1. The van der Waals surface area contributed by atoms with Crippen LogP contribution in [0.2, 0.25) is 0 Å². The van der Waals surface area contributed by atoms with E-state index in [1.165, 1.54) is 13.3 Å². The molecule has 0 radical (unpaired) electrons. The largest absolute Gasteiger partial charge is 0.280 e. The Morgan fingerprint density at radius 3 is 2.71 bits per heavy atom. The van der Waals surface area contributed by atoms with Gasteiger partial charge in [0.2, 0.25) is 0 Å². The first-order chi connectivity index (χ1) is 8.24. The van der Waals surface area contributed by atoms with Gasteiger partial charge in [0.15, 0.2) is 0 Å². The molecule has 0 bridgehead atoms. The first-order valence-electron chi connectivity index (χ1n) is 5.15. The normalized spacial score (nSPS) is 10.2. The fraction of sp³-hybridized carbons (Fsp3) is 0.167. The van der Waals surface area contributed by atoms with Gasteiger partial charge in [-0.2, -0.15) is 5.10 Å². The van der Waals surface area contributed by atoms with Crippen LogP contribution in [0.3, 0.4) is 0 Å². The Kier molecular flexibility index (Phi) is 3.20. The summed E-state index contributed by atoms with van der Waals surface area (Å²) in [5.41, 5.74) is 2.10. The topological polar surface area (TPSA) is 58.2 Å². The van der Waals surface area contributed by atoms with E-state index in [1.54, 1.807) is 7.05 Å². The molecule has 0 fully saturated rings. The zero-order chi connectivity index (χ0) is 12.3. The molecule has 0 saturated heterocycles. The molecule has 1 aromatic heterocycles. The first-order valence-corrected chi connectivity index (χ1v) is 5.15. The van der Waals surface area contributed by atoms with Crippen molar-refractivity contribution in [3.8, 4) is 11.3 Å². The SMILES string of the molecule is CON(C)C(=O)c1cn[nH]c1-c1ccccc1. The van der Waals surface area contributed by atoms with Gasteiger partial charge < -0.3 is 0 Å². The highest BCUT2D eigenvalue weighted by molar-refractivity contribution is 5.99. The Hall–Kier alpha value is -2.14. The molecule has 0 saturated carbocycles. The third kappa shape index (κ3) is 2.19. The Morgan fingerprint density at radius 2 is 2.06 bits per heavy atom. The highest BCUT2D eigenvalue weighted by Crippen LogP contribution is 2.21. The van der Waals surface area contributed by atoms with Crippen molar-refractivity contribution in [2.45, 2.75) is 0 Å². The molecule has 0 aliphatic rings. The molecule has 0 aliphatic heterocycles. The fourth-order valence-electron chi connectivity index (χ4n) is 1.53. The Balaban J connectivity index is 2.39. The van der Waals surface area contributed by atoms with Crippen LogP contribution in [-0.2, 0) is 4.84 Å². The molecule has 0 spiro atoms. The number of nitrogens with zero attached hydrogens (tertiary/aromatic N) is 2. The highest BCUT2D eigenvalue weighted by Gasteiger charge is 2.18. The molecule has 88 valence electrons. The van der Waals surface area contributed by atoms with E-state index in [1.807, 2.05) is 30.3 Å². The molecule has 1 amide bonds. The summed E-state index contributed by atoms with van der Waals surface area (Å²) < 4.78 is 0. The average molecular weight is 231 g/mol. The number of hydrogen-bond donors (Lipinski definition) is 1. The van der Waals surface area contributed by atoms with Crippen molar-refractivity contribution in [1.29, 1.82) is 0 Å².